The second kappa shape index (κ2) is 8.74. The molecule has 1 heterocycles. The Bertz CT molecular complexity index is 518. The van der Waals surface area contributed by atoms with Gasteiger partial charge in [-0.05, 0) is 24.1 Å². The van der Waals surface area contributed by atoms with Gasteiger partial charge in [0.2, 0.25) is 0 Å². The predicted molar refractivity (Wildman–Crippen MR) is 86.0 cm³/mol. The fourth-order valence-electron chi connectivity index (χ4n) is 2.80. The summed E-state index contributed by atoms with van der Waals surface area (Å²) in [6.45, 7) is 5.02. The van der Waals surface area contributed by atoms with E-state index in [1.54, 1.807) is 7.11 Å². The molecule has 1 N–H and O–H groups in total. The Hall–Kier alpha value is -1.79. The van der Waals surface area contributed by atoms with Crippen molar-refractivity contribution >= 4 is 5.97 Å². The summed E-state index contributed by atoms with van der Waals surface area (Å²) >= 11 is 0. The third-order valence-corrected chi connectivity index (χ3v) is 3.94. The molecule has 1 atom stereocenters. The summed E-state index contributed by atoms with van der Waals surface area (Å²) in [4.78, 5) is 13.1. The maximum atomic E-state index is 10.7. The molecule has 1 aromatic rings. The van der Waals surface area contributed by atoms with Crippen molar-refractivity contribution in [3.8, 4) is 11.5 Å². The van der Waals surface area contributed by atoms with Gasteiger partial charge >= 0.3 is 5.97 Å². The first kappa shape index (κ1) is 17.6. The number of ether oxygens (including phenoxy) is 3. The minimum atomic E-state index is -1.01. The van der Waals surface area contributed by atoms with Crippen LogP contribution in [0.1, 0.15) is 25.3 Å². The first-order valence-corrected chi connectivity index (χ1v) is 7.97. The minimum Gasteiger partial charge on any atom is -0.493 e. The number of hydrogen-bond donors (Lipinski definition) is 1. The van der Waals surface area contributed by atoms with Gasteiger partial charge in [0.1, 0.15) is 0 Å². The molecule has 0 aliphatic carbocycles. The molecule has 0 amide bonds. The van der Waals surface area contributed by atoms with Gasteiger partial charge in [0, 0.05) is 19.1 Å². The summed E-state index contributed by atoms with van der Waals surface area (Å²) in [6, 6.07) is 6.10. The van der Waals surface area contributed by atoms with E-state index in [1.165, 1.54) is 0 Å². The number of methoxy groups -OCH3 is 1. The number of hydrogen-bond acceptors (Lipinski definition) is 5. The zero-order valence-corrected chi connectivity index (χ0v) is 13.8. The molecular formula is C17H25NO5. The number of carboxylic acid groups (broad SMARTS) is 1. The maximum Gasteiger partial charge on any atom is 0.341 e. The van der Waals surface area contributed by atoms with Crippen LogP contribution in [0.4, 0.5) is 0 Å². The molecule has 0 radical (unpaired) electrons. The van der Waals surface area contributed by atoms with E-state index in [1.807, 2.05) is 18.2 Å². The van der Waals surface area contributed by atoms with Crippen LogP contribution in [0.15, 0.2) is 18.2 Å². The van der Waals surface area contributed by atoms with Crippen molar-refractivity contribution in [3.05, 3.63) is 23.8 Å². The van der Waals surface area contributed by atoms with E-state index in [0.29, 0.717) is 17.5 Å². The molecule has 1 unspecified atom stereocenters. The van der Waals surface area contributed by atoms with Gasteiger partial charge in [-0.2, -0.15) is 0 Å². The molecule has 1 saturated heterocycles. The van der Waals surface area contributed by atoms with Crippen molar-refractivity contribution in [3.63, 3.8) is 0 Å². The summed E-state index contributed by atoms with van der Waals surface area (Å²) in [6.07, 6.45) is 2.23. The number of aliphatic carboxylic acids is 1. The van der Waals surface area contributed by atoms with Gasteiger partial charge < -0.3 is 19.3 Å². The van der Waals surface area contributed by atoms with Crippen molar-refractivity contribution in [2.45, 2.75) is 32.4 Å². The molecule has 0 bridgehead atoms. The van der Waals surface area contributed by atoms with Crippen LogP contribution in [-0.4, -0.2) is 55.5 Å². The zero-order chi connectivity index (χ0) is 16.7. The fraction of sp³-hybridized carbons (Fsp3) is 0.588. The van der Waals surface area contributed by atoms with Crippen molar-refractivity contribution in [2.24, 2.45) is 0 Å². The van der Waals surface area contributed by atoms with E-state index in [9.17, 15) is 4.79 Å². The monoisotopic (exact) mass is 323 g/mol. The molecule has 23 heavy (non-hydrogen) atoms. The molecule has 1 fully saturated rings. The standard InChI is InChI=1S/C17H25NO5/c1-3-4-14-11-22-8-7-18(14)10-13-5-6-15(21-2)16(9-13)23-12-17(19)20/h5-6,9,14H,3-4,7-8,10-12H2,1-2H3,(H,19,20). The van der Waals surface area contributed by atoms with Crippen molar-refractivity contribution in [1.82, 2.24) is 4.90 Å². The molecule has 128 valence electrons. The topological polar surface area (TPSA) is 68.2 Å². The quantitative estimate of drug-likeness (QED) is 0.791. The highest BCUT2D eigenvalue weighted by molar-refractivity contribution is 5.68. The first-order valence-electron chi connectivity index (χ1n) is 7.97. The van der Waals surface area contributed by atoms with Crippen LogP contribution >= 0.6 is 0 Å². The zero-order valence-electron chi connectivity index (χ0n) is 13.8. The SMILES string of the molecule is CCCC1COCCN1Cc1ccc(OC)c(OCC(=O)O)c1. The molecule has 6 nitrogen and oxygen atoms in total. The van der Waals surface area contributed by atoms with Gasteiger partial charge in [-0.15, -0.1) is 0 Å². The highest BCUT2D eigenvalue weighted by atomic mass is 16.5. The number of carboxylic acids is 1. The highest BCUT2D eigenvalue weighted by Gasteiger charge is 2.22. The Kier molecular flexibility index (Phi) is 6.67. The average molecular weight is 323 g/mol. The van der Waals surface area contributed by atoms with Gasteiger partial charge in [0.05, 0.1) is 20.3 Å². The van der Waals surface area contributed by atoms with Gasteiger partial charge in [0.15, 0.2) is 18.1 Å². The van der Waals surface area contributed by atoms with Crippen molar-refractivity contribution < 1.29 is 24.1 Å². The lowest BCUT2D eigenvalue weighted by Gasteiger charge is -2.35. The summed E-state index contributed by atoms with van der Waals surface area (Å²) in [5.41, 5.74) is 1.08. The lowest BCUT2D eigenvalue weighted by Crippen LogP contribution is -2.44. The van der Waals surface area contributed by atoms with Gasteiger partial charge in [-0.25, -0.2) is 4.79 Å². The summed E-state index contributed by atoms with van der Waals surface area (Å²) in [7, 11) is 1.54. The van der Waals surface area contributed by atoms with Gasteiger partial charge in [-0.1, -0.05) is 19.4 Å². The number of benzene rings is 1. The van der Waals surface area contributed by atoms with E-state index < -0.39 is 5.97 Å². The van der Waals surface area contributed by atoms with Crippen LogP contribution in [0.2, 0.25) is 0 Å². The molecule has 0 aromatic heterocycles. The smallest absolute Gasteiger partial charge is 0.341 e. The third kappa shape index (κ3) is 5.11. The Morgan fingerprint density at radius 2 is 2.26 bits per heavy atom. The Morgan fingerprint density at radius 1 is 1.43 bits per heavy atom. The highest BCUT2D eigenvalue weighted by Crippen LogP contribution is 2.29. The molecule has 0 spiro atoms. The first-order chi connectivity index (χ1) is 11.1. The van der Waals surface area contributed by atoms with Crippen molar-refractivity contribution in [2.75, 3.05) is 33.5 Å². The third-order valence-electron chi connectivity index (χ3n) is 3.94. The molecule has 2 rings (SSSR count). The van der Waals surface area contributed by atoms with Crippen LogP contribution in [-0.2, 0) is 16.1 Å². The molecular weight excluding hydrogens is 298 g/mol. The second-order valence-corrected chi connectivity index (χ2v) is 5.66. The largest absolute Gasteiger partial charge is 0.493 e. The van der Waals surface area contributed by atoms with Crippen LogP contribution in [0.3, 0.4) is 0 Å². The maximum absolute atomic E-state index is 10.7. The molecule has 0 saturated carbocycles. The minimum absolute atomic E-state index is 0.379. The second-order valence-electron chi connectivity index (χ2n) is 5.66. The van der Waals surface area contributed by atoms with E-state index in [2.05, 4.69) is 11.8 Å². The van der Waals surface area contributed by atoms with Crippen LogP contribution in [0.25, 0.3) is 0 Å². The number of nitrogens with zero attached hydrogens (tertiary/aromatic N) is 1. The number of carbonyl (C=O) groups is 1. The predicted octanol–water partition coefficient (Wildman–Crippen LogP) is 2.16. The molecule has 1 aromatic carbocycles. The lowest BCUT2D eigenvalue weighted by atomic mass is 10.1. The molecule has 1 aliphatic heterocycles. The van der Waals surface area contributed by atoms with Crippen LogP contribution in [0, 0.1) is 0 Å². The number of rotatable bonds is 8. The summed E-state index contributed by atoms with van der Waals surface area (Å²) < 4.78 is 16.1. The summed E-state index contributed by atoms with van der Waals surface area (Å²) in [5, 5.41) is 8.77. The fourth-order valence-corrected chi connectivity index (χ4v) is 2.80. The van der Waals surface area contributed by atoms with Crippen LogP contribution < -0.4 is 9.47 Å². The van der Waals surface area contributed by atoms with E-state index in [-0.39, 0.29) is 6.61 Å². The van der Waals surface area contributed by atoms with Crippen LogP contribution in [0.5, 0.6) is 11.5 Å². The normalized spacial score (nSPS) is 18.6. The van der Waals surface area contributed by atoms with Gasteiger partial charge in [-0.3, -0.25) is 4.90 Å². The van der Waals surface area contributed by atoms with E-state index in [4.69, 9.17) is 19.3 Å². The van der Waals surface area contributed by atoms with E-state index in [0.717, 1.165) is 44.7 Å². The summed E-state index contributed by atoms with van der Waals surface area (Å²) in [5.74, 6) is 0.00318. The molecule has 6 heteroatoms. The number of morpholine rings is 1. The Morgan fingerprint density at radius 3 is 2.96 bits per heavy atom. The average Bonchev–Trinajstić information content (AvgIpc) is 2.55. The van der Waals surface area contributed by atoms with Crippen molar-refractivity contribution in [1.29, 1.82) is 0 Å². The van der Waals surface area contributed by atoms with Gasteiger partial charge in [0.25, 0.3) is 0 Å². The lowest BCUT2D eigenvalue weighted by molar-refractivity contribution is -0.139. The molecule has 1 aliphatic rings. The Labute approximate surface area is 136 Å². The Balaban J connectivity index is 2.09. The van der Waals surface area contributed by atoms with E-state index >= 15 is 0 Å².